The van der Waals surface area contributed by atoms with Gasteiger partial charge in [-0.25, -0.2) is 0 Å². The Bertz CT molecular complexity index is 200. The summed E-state index contributed by atoms with van der Waals surface area (Å²) in [6.45, 7) is 5.06. The van der Waals surface area contributed by atoms with E-state index in [1.165, 1.54) is 13.0 Å². The number of rotatable bonds is 3. The smallest absolute Gasteiger partial charge is 0.163 e. The van der Waals surface area contributed by atoms with Crippen molar-refractivity contribution >= 4 is 5.78 Å². The van der Waals surface area contributed by atoms with Crippen LogP contribution in [0.5, 0.6) is 0 Å². The van der Waals surface area contributed by atoms with Crippen LogP contribution < -0.4 is 0 Å². The number of aliphatic hydroxyl groups excluding tert-OH is 1. The van der Waals surface area contributed by atoms with E-state index in [2.05, 4.69) is 0 Å². The summed E-state index contributed by atoms with van der Waals surface area (Å²) < 4.78 is 0. The summed E-state index contributed by atoms with van der Waals surface area (Å²) in [6.07, 6.45) is 3.99. The van der Waals surface area contributed by atoms with Crippen LogP contribution in [0.4, 0.5) is 0 Å². The topological polar surface area (TPSA) is 37.3 Å². The molecule has 0 radical (unpaired) electrons. The van der Waals surface area contributed by atoms with Gasteiger partial charge in [0.1, 0.15) is 5.76 Å². The zero-order chi connectivity index (χ0) is 8.85. The number of hydrogen-bond donors (Lipinski definition) is 1. The maximum Gasteiger partial charge on any atom is 0.163 e. The first-order chi connectivity index (χ1) is 5.13. The number of Topliss-reactive ketones (excluding diaryl/α,β-unsaturated/α-hetero) is 1. The molecule has 0 aromatic rings. The molecule has 0 rings (SSSR count). The van der Waals surface area contributed by atoms with Gasteiger partial charge in [-0.3, -0.25) is 4.79 Å². The van der Waals surface area contributed by atoms with Gasteiger partial charge in [0.2, 0.25) is 0 Å². The van der Waals surface area contributed by atoms with Gasteiger partial charge in [-0.1, -0.05) is 13.0 Å². The molecule has 0 aromatic carbocycles. The Labute approximate surface area is 67.2 Å². The van der Waals surface area contributed by atoms with Crippen LogP contribution in [0.1, 0.15) is 27.2 Å². The lowest BCUT2D eigenvalue weighted by Crippen LogP contribution is -1.99. The van der Waals surface area contributed by atoms with E-state index in [0.29, 0.717) is 5.57 Å². The predicted molar refractivity (Wildman–Crippen MR) is 45.4 cm³/mol. The Balaban J connectivity index is 4.62. The molecule has 11 heavy (non-hydrogen) atoms. The van der Waals surface area contributed by atoms with Crippen molar-refractivity contribution in [2.45, 2.75) is 27.2 Å². The minimum absolute atomic E-state index is 0.0688. The van der Waals surface area contributed by atoms with Crippen molar-refractivity contribution in [1.82, 2.24) is 0 Å². The monoisotopic (exact) mass is 154 g/mol. The number of aliphatic hydroxyl groups is 1. The van der Waals surface area contributed by atoms with Gasteiger partial charge in [-0.05, 0) is 26.3 Å². The van der Waals surface area contributed by atoms with Crippen LogP contribution in [0.3, 0.4) is 0 Å². The second-order valence-electron chi connectivity index (χ2n) is 2.26. The Morgan fingerprint density at radius 1 is 1.55 bits per heavy atom. The zero-order valence-electron chi connectivity index (χ0n) is 7.22. The van der Waals surface area contributed by atoms with Crippen LogP contribution >= 0.6 is 0 Å². The molecular formula is C9H14O2. The van der Waals surface area contributed by atoms with Gasteiger partial charge in [-0.2, -0.15) is 0 Å². The molecule has 62 valence electrons. The maximum absolute atomic E-state index is 10.9. The van der Waals surface area contributed by atoms with Crippen molar-refractivity contribution in [2.24, 2.45) is 0 Å². The molecule has 2 heteroatoms. The molecule has 0 aliphatic rings. The zero-order valence-corrected chi connectivity index (χ0v) is 7.22. The fourth-order valence-corrected chi connectivity index (χ4v) is 0.788. The molecule has 0 saturated carbocycles. The van der Waals surface area contributed by atoms with Gasteiger partial charge < -0.3 is 5.11 Å². The molecule has 0 fully saturated rings. The Hall–Kier alpha value is -1.05. The van der Waals surface area contributed by atoms with Crippen molar-refractivity contribution in [2.75, 3.05) is 0 Å². The normalized spacial score (nSPS) is 13.4. The summed E-state index contributed by atoms with van der Waals surface area (Å²) in [5.74, 6) is -0.0261. The molecule has 0 saturated heterocycles. The minimum Gasteiger partial charge on any atom is -0.508 e. The molecule has 0 amide bonds. The van der Waals surface area contributed by atoms with Crippen LogP contribution in [-0.4, -0.2) is 10.9 Å². The average molecular weight is 154 g/mol. The number of allylic oxidation sites excluding steroid dienone is 3. The van der Waals surface area contributed by atoms with Crippen LogP contribution in [0.25, 0.3) is 0 Å². The Morgan fingerprint density at radius 3 is 2.36 bits per heavy atom. The molecule has 0 spiro atoms. The third kappa shape index (κ3) is 3.03. The highest BCUT2D eigenvalue weighted by molar-refractivity contribution is 5.96. The van der Waals surface area contributed by atoms with Gasteiger partial charge in [0, 0.05) is 0 Å². The van der Waals surface area contributed by atoms with Gasteiger partial charge >= 0.3 is 0 Å². The fourth-order valence-electron chi connectivity index (χ4n) is 0.788. The Morgan fingerprint density at radius 2 is 2.09 bits per heavy atom. The number of carbonyl (C=O) groups is 1. The highest BCUT2D eigenvalue weighted by Gasteiger charge is 2.05. The van der Waals surface area contributed by atoms with Gasteiger partial charge in [-0.15, -0.1) is 0 Å². The van der Waals surface area contributed by atoms with E-state index in [0.717, 1.165) is 6.42 Å². The first kappa shape index (κ1) is 9.95. The van der Waals surface area contributed by atoms with E-state index in [4.69, 9.17) is 0 Å². The molecule has 0 bridgehead atoms. The molecule has 0 heterocycles. The van der Waals surface area contributed by atoms with Crippen LogP contribution in [0.2, 0.25) is 0 Å². The SMILES string of the molecule is C/C=C(O)\C(=C/CC)C(C)=O. The molecule has 0 aliphatic carbocycles. The summed E-state index contributed by atoms with van der Waals surface area (Å²) in [6, 6.07) is 0. The van der Waals surface area contributed by atoms with Crippen LogP contribution in [0.15, 0.2) is 23.5 Å². The number of carbonyl (C=O) groups excluding carboxylic acids is 1. The van der Waals surface area contributed by atoms with Crippen molar-refractivity contribution in [3.63, 3.8) is 0 Å². The first-order valence-corrected chi connectivity index (χ1v) is 3.70. The van der Waals surface area contributed by atoms with Crippen molar-refractivity contribution in [1.29, 1.82) is 0 Å². The Kier molecular flexibility index (Phi) is 4.27. The van der Waals surface area contributed by atoms with Gasteiger partial charge in [0.25, 0.3) is 0 Å². The quantitative estimate of drug-likeness (QED) is 0.385. The molecule has 0 unspecified atom stereocenters. The first-order valence-electron chi connectivity index (χ1n) is 3.70. The summed E-state index contributed by atoms with van der Waals surface area (Å²) >= 11 is 0. The third-order valence-corrected chi connectivity index (χ3v) is 1.34. The van der Waals surface area contributed by atoms with E-state index in [-0.39, 0.29) is 11.5 Å². The van der Waals surface area contributed by atoms with E-state index >= 15 is 0 Å². The summed E-state index contributed by atoms with van der Waals surface area (Å²) in [5.41, 5.74) is 0.412. The van der Waals surface area contributed by atoms with E-state index in [9.17, 15) is 9.90 Å². The van der Waals surface area contributed by atoms with Gasteiger partial charge in [0.15, 0.2) is 5.78 Å². The van der Waals surface area contributed by atoms with Gasteiger partial charge in [0.05, 0.1) is 5.57 Å². The maximum atomic E-state index is 10.9. The van der Waals surface area contributed by atoms with E-state index in [1.54, 1.807) is 13.0 Å². The minimum atomic E-state index is -0.0950. The predicted octanol–water partition coefficient (Wildman–Crippen LogP) is 2.37. The van der Waals surface area contributed by atoms with Crippen LogP contribution in [-0.2, 0) is 4.79 Å². The molecule has 2 nitrogen and oxygen atoms in total. The second kappa shape index (κ2) is 4.72. The van der Waals surface area contributed by atoms with E-state index in [1.807, 2.05) is 6.92 Å². The summed E-state index contributed by atoms with van der Waals surface area (Å²) in [5, 5.41) is 9.19. The average Bonchev–Trinajstić information content (AvgIpc) is 1.98. The lowest BCUT2D eigenvalue weighted by Gasteiger charge is -1.99. The molecule has 1 N–H and O–H groups in total. The number of hydrogen-bond acceptors (Lipinski definition) is 2. The third-order valence-electron chi connectivity index (χ3n) is 1.34. The molecule has 0 aliphatic heterocycles. The lowest BCUT2D eigenvalue weighted by atomic mass is 10.1. The molecular weight excluding hydrogens is 140 g/mol. The van der Waals surface area contributed by atoms with Crippen molar-refractivity contribution in [3.05, 3.63) is 23.5 Å². The number of ketones is 1. The molecule has 0 aromatic heterocycles. The highest BCUT2D eigenvalue weighted by atomic mass is 16.3. The summed E-state index contributed by atoms with van der Waals surface area (Å²) in [4.78, 5) is 10.9. The highest BCUT2D eigenvalue weighted by Crippen LogP contribution is 2.08. The largest absolute Gasteiger partial charge is 0.508 e. The molecule has 0 atom stereocenters. The summed E-state index contributed by atoms with van der Waals surface area (Å²) in [7, 11) is 0. The lowest BCUT2D eigenvalue weighted by molar-refractivity contribution is -0.113. The van der Waals surface area contributed by atoms with Crippen molar-refractivity contribution < 1.29 is 9.90 Å². The fraction of sp³-hybridized carbons (Fsp3) is 0.444. The van der Waals surface area contributed by atoms with E-state index < -0.39 is 0 Å². The van der Waals surface area contributed by atoms with Crippen LogP contribution in [0, 0.1) is 0 Å². The standard InChI is InChI=1S/C9H14O2/c1-4-6-8(7(3)10)9(11)5-2/h5-6,11H,4H2,1-3H3/b8-6-,9-5+. The second-order valence-corrected chi connectivity index (χ2v) is 2.26. The van der Waals surface area contributed by atoms with Crippen molar-refractivity contribution in [3.8, 4) is 0 Å².